The van der Waals surface area contributed by atoms with E-state index in [1.807, 2.05) is 15.9 Å². The average Bonchev–Trinajstić information content (AvgIpc) is 3.47. The monoisotopic (exact) mass is 351 g/mol. The summed E-state index contributed by atoms with van der Waals surface area (Å²) in [4.78, 5) is 32.8. The van der Waals surface area contributed by atoms with Gasteiger partial charge in [0.25, 0.3) is 0 Å². The first-order chi connectivity index (χ1) is 12.7. The summed E-state index contributed by atoms with van der Waals surface area (Å²) in [5, 5.41) is 1.24. The van der Waals surface area contributed by atoms with Crippen LogP contribution in [-0.4, -0.2) is 46.2 Å². The van der Waals surface area contributed by atoms with Gasteiger partial charge < -0.3 is 14.8 Å². The summed E-state index contributed by atoms with van der Waals surface area (Å²) in [5.41, 5.74) is 3.72. The Morgan fingerprint density at radius 3 is 2.35 bits per heavy atom. The van der Waals surface area contributed by atoms with Crippen LogP contribution in [0.1, 0.15) is 36.9 Å². The molecule has 1 aromatic carbocycles. The van der Waals surface area contributed by atoms with E-state index < -0.39 is 0 Å². The van der Waals surface area contributed by atoms with E-state index in [4.69, 9.17) is 0 Å². The van der Waals surface area contributed by atoms with Gasteiger partial charge in [0.1, 0.15) is 0 Å². The second-order valence-electron chi connectivity index (χ2n) is 8.01. The van der Waals surface area contributed by atoms with Crippen molar-refractivity contribution in [2.24, 2.45) is 11.8 Å². The van der Waals surface area contributed by atoms with E-state index in [1.54, 1.807) is 0 Å². The molecule has 3 heterocycles. The Kier molecular flexibility index (Phi) is 3.76. The van der Waals surface area contributed by atoms with Crippen molar-refractivity contribution in [2.75, 3.05) is 19.6 Å². The highest BCUT2D eigenvalue weighted by atomic mass is 16.2. The number of H-pyrrole nitrogens is 1. The number of amides is 2. The summed E-state index contributed by atoms with van der Waals surface area (Å²) < 4.78 is 0. The Bertz CT molecular complexity index is 859. The molecule has 2 fully saturated rings. The SMILES string of the molecule is O=C(C1CC1)N1CCC(C(=O)N2CCc3[nH]c4ccccc4c3C2)CC1. The van der Waals surface area contributed by atoms with Gasteiger partial charge in [-0.05, 0) is 31.7 Å². The molecule has 2 amide bonds. The summed E-state index contributed by atoms with van der Waals surface area (Å²) in [5.74, 6) is 0.950. The maximum absolute atomic E-state index is 13.1. The van der Waals surface area contributed by atoms with E-state index in [0.29, 0.717) is 12.5 Å². The molecular formula is C21H25N3O2. The minimum absolute atomic E-state index is 0.0741. The zero-order valence-electron chi connectivity index (χ0n) is 15.0. The van der Waals surface area contributed by atoms with Crippen LogP contribution in [0.2, 0.25) is 0 Å². The number of benzene rings is 1. The number of carbonyl (C=O) groups excluding carboxylic acids is 2. The number of hydrogen-bond acceptors (Lipinski definition) is 2. The third kappa shape index (κ3) is 2.70. The Morgan fingerprint density at radius 2 is 1.58 bits per heavy atom. The largest absolute Gasteiger partial charge is 0.358 e. The molecule has 5 rings (SSSR count). The number of para-hydroxylation sites is 1. The Labute approximate surface area is 153 Å². The summed E-state index contributed by atoms with van der Waals surface area (Å²) >= 11 is 0. The molecule has 0 spiro atoms. The smallest absolute Gasteiger partial charge is 0.226 e. The maximum atomic E-state index is 13.1. The van der Waals surface area contributed by atoms with Gasteiger partial charge >= 0.3 is 0 Å². The molecule has 2 aliphatic heterocycles. The molecule has 1 saturated carbocycles. The zero-order chi connectivity index (χ0) is 17.7. The van der Waals surface area contributed by atoms with Crippen LogP contribution in [0, 0.1) is 11.8 Å². The molecule has 26 heavy (non-hydrogen) atoms. The maximum Gasteiger partial charge on any atom is 0.226 e. The van der Waals surface area contributed by atoms with Crippen LogP contribution >= 0.6 is 0 Å². The highest BCUT2D eigenvalue weighted by molar-refractivity contribution is 5.86. The average molecular weight is 351 g/mol. The molecule has 1 aromatic heterocycles. The van der Waals surface area contributed by atoms with E-state index in [-0.39, 0.29) is 17.7 Å². The van der Waals surface area contributed by atoms with E-state index in [9.17, 15) is 9.59 Å². The molecule has 5 nitrogen and oxygen atoms in total. The summed E-state index contributed by atoms with van der Waals surface area (Å²) in [6.45, 7) is 3.00. The summed E-state index contributed by atoms with van der Waals surface area (Å²) in [6, 6.07) is 8.35. The molecule has 0 radical (unpaired) electrons. The summed E-state index contributed by atoms with van der Waals surface area (Å²) in [6.07, 6.45) is 4.63. The number of nitrogens with one attached hydrogen (secondary N) is 1. The molecule has 2 aromatic rings. The van der Waals surface area contributed by atoms with Gasteiger partial charge in [0, 0.05) is 66.6 Å². The normalized spacial score (nSPS) is 21.1. The fraction of sp³-hybridized carbons (Fsp3) is 0.524. The van der Waals surface area contributed by atoms with Crippen molar-refractivity contribution in [1.29, 1.82) is 0 Å². The number of rotatable bonds is 2. The zero-order valence-corrected chi connectivity index (χ0v) is 15.0. The number of fused-ring (bicyclic) bond motifs is 3. The molecule has 5 heteroatoms. The van der Waals surface area contributed by atoms with Gasteiger partial charge in [-0.1, -0.05) is 18.2 Å². The fourth-order valence-electron chi connectivity index (χ4n) is 4.55. The molecule has 1 N–H and O–H groups in total. The lowest BCUT2D eigenvalue weighted by atomic mass is 9.93. The van der Waals surface area contributed by atoms with Crippen LogP contribution in [-0.2, 0) is 22.6 Å². The van der Waals surface area contributed by atoms with Crippen LogP contribution < -0.4 is 0 Å². The van der Waals surface area contributed by atoms with Crippen molar-refractivity contribution in [3.63, 3.8) is 0 Å². The number of likely N-dealkylation sites (tertiary alicyclic amines) is 1. The predicted molar refractivity (Wildman–Crippen MR) is 99.4 cm³/mol. The van der Waals surface area contributed by atoms with Gasteiger partial charge in [-0.2, -0.15) is 0 Å². The fourth-order valence-corrected chi connectivity index (χ4v) is 4.55. The van der Waals surface area contributed by atoms with Crippen molar-refractivity contribution in [1.82, 2.24) is 14.8 Å². The van der Waals surface area contributed by atoms with Gasteiger partial charge in [-0.3, -0.25) is 9.59 Å². The van der Waals surface area contributed by atoms with Crippen LogP contribution in [0.5, 0.6) is 0 Å². The first kappa shape index (κ1) is 15.9. The molecular weight excluding hydrogens is 326 g/mol. The number of aromatic amines is 1. The highest BCUT2D eigenvalue weighted by Crippen LogP contribution is 2.33. The van der Waals surface area contributed by atoms with E-state index >= 15 is 0 Å². The Balaban J connectivity index is 1.26. The lowest BCUT2D eigenvalue weighted by Crippen LogP contribution is -2.46. The number of piperidine rings is 1. The first-order valence-electron chi connectivity index (χ1n) is 9.87. The van der Waals surface area contributed by atoms with Crippen molar-refractivity contribution in [3.05, 3.63) is 35.5 Å². The molecule has 1 aliphatic carbocycles. The van der Waals surface area contributed by atoms with Gasteiger partial charge in [0.15, 0.2) is 0 Å². The van der Waals surface area contributed by atoms with Crippen LogP contribution in [0.4, 0.5) is 0 Å². The van der Waals surface area contributed by atoms with Crippen molar-refractivity contribution < 1.29 is 9.59 Å². The third-order valence-electron chi connectivity index (χ3n) is 6.28. The minimum Gasteiger partial charge on any atom is -0.358 e. The molecule has 0 unspecified atom stereocenters. The van der Waals surface area contributed by atoms with Gasteiger partial charge in [-0.15, -0.1) is 0 Å². The standard InChI is InChI=1S/C21H25N3O2/c25-20(14-5-6-14)23-10-7-15(8-11-23)21(26)24-12-9-19-17(13-24)16-3-1-2-4-18(16)22-19/h1-4,14-15,22H,5-13H2. The van der Waals surface area contributed by atoms with Crippen LogP contribution in [0.15, 0.2) is 24.3 Å². The lowest BCUT2D eigenvalue weighted by Gasteiger charge is -2.35. The number of nitrogens with zero attached hydrogens (tertiary/aromatic N) is 2. The topological polar surface area (TPSA) is 56.4 Å². The van der Waals surface area contributed by atoms with Crippen LogP contribution in [0.25, 0.3) is 10.9 Å². The number of hydrogen-bond donors (Lipinski definition) is 1. The predicted octanol–water partition coefficient (Wildman–Crippen LogP) is 2.70. The minimum atomic E-state index is 0.0741. The third-order valence-corrected chi connectivity index (χ3v) is 6.28. The number of aromatic nitrogens is 1. The van der Waals surface area contributed by atoms with E-state index in [2.05, 4.69) is 23.2 Å². The van der Waals surface area contributed by atoms with Crippen molar-refractivity contribution in [3.8, 4) is 0 Å². The van der Waals surface area contributed by atoms with Gasteiger partial charge in [0.05, 0.1) is 0 Å². The second-order valence-corrected chi connectivity index (χ2v) is 8.01. The first-order valence-corrected chi connectivity index (χ1v) is 9.87. The summed E-state index contributed by atoms with van der Waals surface area (Å²) in [7, 11) is 0. The van der Waals surface area contributed by atoms with Crippen molar-refractivity contribution >= 4 is 22.7 Å². The number of carbonyl (C=O) groups is 2. The molecule has 1 saturated heterocycles. The molecule has 136 valence electrons. The second kappa shape index (κ2) is 6.15. The molecule has 0 atom stereocenters. The van der Waals surface area contributed by atoms with Gasteiger partial charge in [-0.25, -0.2) is 0 Å². The Morgan fingerprint density at radius 1 is 0.885 bits per heavy atom. The molecule has 0 bridgehead atoms. The highest BCUT2D eigenvalue weighted by Gasteiger charge is 2.37. The lowest BCUT2D eigenvalue weighted by molar-refractivity contribution is -0.141. The Hall–Kier alpha value is -2.30. The quantitative estimate of drug-likeness (QED) is 0.904. The van der Waals surface area contributed by atoms with E-state index in [1.165, 1.54) is 22.2 Å². The van der Waals surface area contributed by atoms with Crippen LogP contribution in [0.3, 0.4) is 0 Å². The molecule has 3 aliphatic rings. The van der Waals surface area contributed by atoms with Gasteiger partial charge in [0.2, 0.25) is 11.8 Å². The van der Waals surface area contributed by atoms with Crippen molar-refractivity contribution in [2.45, 2.75) is 38.6 Å². The van der Waals surface area contributed by atoms with E-state index in [0.717, 1.165) is 51.7 Å².